The number of amides is 3. The Balaban J connectivity index is 1.93. The highest BCUT2D eigenvalue weighted by Gasteiger charge is 2.26. The molecule has 5 N–H and O–H groups in total. The number of nitrogens with one attached hydrogen (secondary N) is 3. The molecule has 1 fully saturated rings. The first-order valence-electron chi connectivity index (χ1n) is 7.89. The number of ether oxygens (including phenoxy) is 1. The van der Waals surface area contributed by atoms with E-state index in [-0.39, 0.29) is 17.9 Å². The van der Waals surface area contributed by atoms with Gasteiger partial charge in [0.2, 0.25) is 5.91 Å². The van der Waals surface area contributed by atoms with Gasteiger partial charge < -0.3 is 26.4 Å². The zero-order valence-corrected chi connectivity index (χ0v) is 13.3. The second kappa shape index (κ2) is 8.50. The van der Waals surface area contributed by atoms with Crippen molar-refractivity contribution >= 4 is 23.3 Å². The minimum absolute atomic E-state index is 0.139. The number of rotatable bonds is 5. The number of carbonyl (C=O) groups excluding carboxylic acids is 2. The van der Waals surface area contributed by atoms with E-state index in [4.69, 9.17) is 10.5 Å². The van der Waals surface area contributed by atoms with Gasteiger partial charge in [0.1, 0.15) is 0 Å². The van der Waals surface area contributed by atoms with Crippen molar-refractivity contribution in [2.24, 2.45) is 11.7 Å². The predicted molar refractivity (Wildman–Crippen MR) is 89.3 cm³/mol. The quantitative estimate of drug-likeness (QED) is 0.660. The van der Waals surface area contributed by atoms with Gasteiger partial charge in [0, 0.05) is 31.1 Å². The molecule has 1 aliphatic rings. The first-order valence-corrected chi connectivity index (χ1v) is 7.89. The molecular formula is C16H24N4O3. The van der Waals surface area contributed by atoms with Crippen LogP contribution in [0.4, 0.5) is 16.2 Å². The molecule has 2 rings (SSSR count). The Labute approximate surface area is 136 Å². The van der Waals surface area contributed by atoms with E-state index in [9.17, 15) is 9.59 Å². The van der Waals surface area contributed by atoms with Crippen molar-refractivity contribution in [3.63, 3.8) is 0 Å². The summed E-state index contributed by atoms with van der Waals surface area (Å²) in [7, 11) is 0. The molecule has 7 heteroatoms. The average Bonchev–Trinajstić information content (AvgIpc) is 2.55. The van der Waals surface area contributed by atoms with Crippen LogP contribution in [0.2, 0.25) is 0 Å². The van der Waals surface area contributed by atoms with Crippen LogP contribution in [0.3, 0.4) is 0 Å². The van der Waals surface area contributed by atoms with Crippen LogP contribution < -0.4 is 21.7 Å². The van der Waals surface area contributed by atoms with Crippen LogP contribution in [0.1, 0.15) is 19.8 Å². The topological polar surface area (TPSA) is 105 Å². The van der Waals surface area contributed by atoms with Gasteiger partial charge in [-0.3, -0.25) is 4.79 Å². The van der Waals surface area contributed by atoms with E-state index in [0.717, 1.165) is 12.8 Å². The molecule has 126 valence electrons. The fraction of sp³-hybridized carbons (Fsp3) is 0.500. The molecule has 3 amide bonds. The van der Waals surface area contributed by atoms with Gasteiger partial charge in [-0.2, -0.15) is 0 Å². The Morgan fingerprint density at radius 1 is 1.26 bits per heavy atom. The molecule has 1 aliphatic heterocycles. The number of nitrogens with two attached hydrogens (primary N) is 1. The van der Waals surface area contributed by atoms with E-state index in [1.165, 1.54) is 0 Å². The van der Waals surface area contributed by atoms with Crippen LogP contribution in [0, 0.1) is 5.92 Å². The first-order chi connectivity index (χ1) is 11.1. The Morgan fingerprint density at radius 2 is 1.91 bits per heavy atom. The van der Waals surface area contributed by atoms with Crippen molar-refractivity contribution in [2.75, 3.05) is 30.4 Å². The molecule has 0 saturated carbocycles. The van der Waals surface area contributed by atoms with Crippen molar-refractivity contribution in [1.82, 2.24) is 5.32 Å². The highest BCUT2D eigenvalue weighted by Crippen LogP contribution is 2.20. The van der Waals surface area contributed by atoms with Crippen molar-refractivity contribution in [3.8, 4) is 0 Å². The number of anilines is 2. The van der Waals surface area contributed by atoms with Crippen LogP contribution in [-0.4, -0.2) is 37.7 Å². The fourth-order valence-corrected chi connectivity index (χ4v) is 2.53. The van der Waals surface area contributed by atoms with Crippen LogP contribution >= 0.6 is 0 Å². The monoisotopic (exact) mass is 320 g/mol. The number of hydrogen-bond acceptors (Lipinski definition) is 4. The highest BCUT2D eigenvalue weighted by atomic mass is 16.5. The van der Waals surface area contributed by atoms with Gasteiger partial charge in [-0.15, -0.1) is 0 Å². The zero-order chi connectivity index (χ0) is 16.7. The second-order valence-corrected chi connectivity index (χ2v) is 5.53. The molecule has 1 unspecified atom stereocenters. The SMILES string of the molecule is CCNC(=O)Nc1cccc(NC(=O)C(N)C2CCOCC2)c1. The smallest absolute Gasteiger partial charge is 0.319 e. The molecule has 0 radical (unpaired) electrons. The van der Waals surface area contributed by atoms with Crippen LogP contribution in [0.25, 0.3) is 0 Å². The van der Waals surface area contributed by atoms with E-state index in [1.807, 2.05) is 6.92 Å². The van der Waals surface area contributed by atoms with Crippen molar-refractivity contribution in [2.45, 2.75) is 25.8 Å². The largest absolute Gasteiger partial charge is 0.381 e. The van der Waals surface area contributed by atoms with Crippen LogP contribution in [0.5, 0.6) is 0 Å². The maximum atomic E-state index is 12.3. The lowest BCUT2D eigenvalue weighted by molar-refractivity contribution is -0.119. The summed E-state index contributed by atoms with van der Waals surface area (Å²) < 4.78 is 5.29. The molecule has 1 heterocycles. The van der Waals surface area contributed by atoms with Gasteiger partial charge >= 0.3 is 6.03 Å². The Bertz CT molecular complexity index is 544. The lowest BCUT2D eigenvalue weighted by atomic mass is 9.92. The molecule has 1 aromatic rings. The maximum absolute atomic E-state index is 12.3. The van der Waals surface area contributed by atoms with E-state index in [1.54, 1.807) is 24.3 Å². The molecule has 1 aromatic carbocycles. The molecule has 0 bridgehead atoms. The van der Waals surface area contributed by atoms with E-state index >= 15 is 0 Å². The van der Waals surface area contributed by atoms with E-state index in [0.29, 0.717) is 31.1 Å². The van der Waals surface area contributed by atoms with Gasteiger partial charge in [0.25, 0.3) is 0 Å². The fourth-order valence-electron chi connectivity index (χ4n) is 2.53. The highest BCUT2D eigenvalue weighted by molar-refractivity contribution is 5.96. The van der Waals surface area contributed by atoms with Crippen LogP contribution in [0.15, 0.2) is 24.3 Å². The van der Waals surface area contributed by atoms with Crippen molar-refractivity contribution in [3.05, 3.63) is 24.3 Å². The second-order valence-electron chi connectivity index (χ2n) is 5.53. The third-order valence-electron chi connectivity index (χ3n) is 3.80. The first kappa shape index (κ1) is 17.2. The van der Waals surface area contributed by atoms with Crippen molar-refractivity contribution < 1.29 is 14.3 Å². The maximum Gasteiger partial charge on any atom is 0.319 e. The number of urea groups is 1. The molecular weight excluding hydrogens is 296 g/mol. The zero-order valence-electron chi connectivity index (χ0n) is 13.3. The summed E-state index contributed by atoms with van der Waals surface area (Å²) in [6, 6.07) is 6.13. The molecule has 0 spiro atoms. The third-order valence-corrected chi connectivity index (χ3v) is 3.80. The van der Waals surface area contributed by atoms with Gasteiger partial charge in [-0.05, 0) is 43.9 Å². The summed E-state index contributed by atoms with van der Waals surface area (Å²) in [5.74, 6) is -0.0764. The van der Waals surface area contributed by atoms with Gasteiger partial charge in [-0.1, -0.05) is 6.07 Å². The van der Waals surface area contributed by atoms with Crippen LogP contribution in [-0.2, 0) is 9.53 Å². The van der Waals surface area contributed by atoms with Gasteiger partial charge in [0.15, 0.2) is 0 Å². The molecule has 23 heavy (non-hydrogen) atoms. The van der Waals surface area contributed by atoms with Gasteiger partial charge in [0.05, 0.1) is 6.04 Å². The molecule has 1 saturated heterocycles. The molecule has 0 aliphatic carbocycles. The normalized spacial score (nSPS) is 16.4. The van der Waals surface area contributed by atoms with E-state index in [2.05, 4.69) is 16.0 Å². The van der Waals surface area contributed by atoms with E-state index < -0.39 is 6.04 Å². The standard InChI is InChI=1S/C16H24N4O3/c1-2-18-16(22)20-13-5-3-4-12(10-13)19-15(21)14(17)11-6-8-23-9-7-11/h3-5,10-11,14H,2,6-9,17H2,1H3,(H,19,21)(H2,18,20,22). The molecule has 1 atom stereocenters. The van der Waals surface area contributed by atoms with Crippen molar-refractivity contribution in [1.29, 1.82) is 0 Å². The Hall–Kier alpha value is -2.12. The lowest BCUT2D eigenvalue weighted by Crippen LogP contribution is -2.44. The average molecular weight is 320 g/mol. The predicted octanol–water partition coefficient (Wildman–Crippen LogP) is 1.52. The lowest BCUT2D eigenvalue weighted by Gasteiger charge is -2.26. The third kappa shape index (κ3) is 5.22. The van der Waals surface area contributed by atoms with Gasteiger partial charge in [-0.25, -0.2) is 4.79 Å². The summed E-state index contributed by atoms with van der Waals surface area (Å²) in [4.78, 5) is 23.8. The summed E-state index contributed by atoms with van der Waals surface area (Å²) in [6.07, 6.45) is 1.60. The summed E-state index contributed by atoms with van der Waals surface area (Å²) in [6.45, 7) is 3.69. The number of carbonyl (C=O) groups is 2. The minimum Gasteiger partial charge on any atom is -0.381 e. The Kier molecular flexibility index (Phi) is 6.37. The molecule has 0 aromatic heterocycles. The summed E-state index contributed by atoms with van der Waals surface area (Å²) in [5, 5.41) is 8.15. The molecule has 7 nitrogen and oxygen atoms in total. The number of hydrogen-bond donors (Lipinski definition) is 4. The number of benzene rings is 1. The summed E-state index contributed by atoms with van der Waals surface area (Å²) >= 11 is 0. The minimum atomic E-state index is -0.557. The Morgan fingerprint density at radius 3 is 2.57 bits per heavy atom. The summed E-state index contributed by atoms with van der Waals surface area (Å²) in [5.41, 5.74) is 7.26.